The normalized spacial score (nSPS) is 33.0. The number of carbonyl (C=O) groups is 1. The Balaban J connectivity index is 1.84. The summed E-state index contributed by atoms with van der Waals surface area (Å²) < 4.78 is 0. The molecule has 1 amide bonds. The molecule has 0 aromatic heterocycles. The van der Waals surface area contributed by atoms with Crippen LogP contribution in [0.1, 0.15) is 49.9 Å². The molecular formula is C17H22ClNO. The van der Waals surface area contributed by atoms with E-state index in [9.17, 15) is 4.79 Å². The molecule has 1 aliphatic carbocycles. The second kappa shape index (κ2) is 5.40. The number of fused-ring (bicyclic) bond motifs is 1. The first-order valence-corrected chi connectivity index (χ1v) is 8.02. The van der Waals surface area contributed by atoms with Gasteiger partial charge >= 0.3 is 0 Å². The molecule has 2 nitrogen and oxygen atoms in total. The molecule has 2 fully saturated rings. The van der Waals surface area contributed by atoms with Crippen molar-refractivity contribution in [1.82, 2.24) is 4.90 Å². The van der Waals surface area contributed by atoms with Gasteiger partial charge in [0.2, 0.25) is 0 Å². The fourth-order valence-corrected chi connectivity index (χ4v) is 4.13. The Bertz CT molecular complexity index is 498. The topological polar surface area (TPSA) is 20.3 Å². The minimum atomic E-state index is 0.177. The van der Waals surface area contributed by atoms with Crippen molar-refractivity contribution in [3.63, 3.8) is 0 Å². The fourth-order valence-electron chi connectivity index (χ4n) is 4.00. The highest BCUT2D eigenvalue weighted by atomic mass is 35.5. The van der Waals surface area contributed by atoms with Crippen LogP contribution in [-0.2, 0) is 0 Å². The molecule has 1 heterocycles. The van der Waals surface area contributed by atoms with Gasteiger partial charge in [-0.25, -0.2) is 0 Å². The van der Waals surface area contributed by atoms with E-state index in [0.29, 0.717) is 23.0 Å². The number of carbonyl (C=O) groups excluding carboxylic acids is 1. The molecule has 2 aliphatic rings. The van der Waals surface area contributed by atoms with E-state index >= 15 is 0 Å². The lowest BCUT2D eigenvalue weighted by molar-refractivity contribution is 0.0606. The molecule has 0 N–H and O–H groups in total. The molecule has 108 valence electrons. The first kappa shape index (κ1) is 13.9. The smallest absolute Gasteiger partial charge is 0.254 e. The van der Waals surface area contributed by atoms with Crippen LogP contribution in [0.4, 0.5) is 0 Å². The van der Waals surface area contributed by atoms with Gasteiger partial charge in [-0.05, 0) is 62.3 Å². The number of benzene rings is 1. The number of amides is 1. The van der Waals surface area contributed by atoms with Gasteiger partial charge in [0.05, 0.1) is 0 Å². The summed E-state index contributed by atoms with van der Waals surface area (Å²) in [6.45, 7) is 4.50. The van der Waals surface area contributed by atoms with E-state index < -0.39 is 0 Å². The van der Waals surface area contributed by atoms with Gasteiger partial charge < -0.3 is 4.90 Å². The van der Waals surface area contributed by atoms with E-state index in [-0.39, 0.29) is 5.91 Å². The standard InChI is InChI=1S/C17H22ClNO/c1-11-3-4-14-10-12(2)19(16(14)9-11)17(20)13-5-7-15(18)8-6-13/h5-8,11-12,14,16H,3-4,9-10H2,1-2H3. The molecule has 0 bridgehead atoms. The molecule has 0 radical (unpaired) electrons. The largest absolute Gasteiger partial charge is 0.333 e. The maximum atomic E-state index is 12.8. The summed E-state index contributed by atoms with van der Waals surface area (Å²) in [5.41, 5.74) is 0.764. The van der Waals surface area contributed by atoms with Crippen LogP contribution in [0.25, 0.3) is 0 Å². The summed E-state index contributed by atoms with van der Waals surface area (Å²) in [7, 11) is 0. The monoisotopic (exact) mass is 291 g/mol. The molecule has 4 atom stereocenters. The highest BCUT2D eigenvalue weighted by molar-refractivity contribution is 6.30. The van der Waals surface area contributed by atoms with Crippen molar-refractivity contribution < 1.29 is 4.79 Å². The minimum Gasteiger partial charge on any atom is -0.333 e. The van der Waals surface area contributed by atoms with Gasteiger partial charge in [0.25, 0.3) is 5.91 Å². The molecule has 4 unspecified atom stereocenters. The first-order chi connectivity index (χ1) is 9.56. The summed E-state index contributed by atoms with van der Waals surface area (Å²) in [6.07, 6.45) is 4.92. The van der Waals surface area contributed by atoms with Crippen LogP contribution >= 0.6 is 11.6 Å². The minimum absolute atomic E-state index is 0.177. The van der Waals surface area contributed by atoms with Gasteiger partial charge in [-0.15, -0.1) is 0 Å². The number of halogens is 1. The second-order valence-electron chi connectivity index (χ2n) is 6.55. The lowest BCUT2D eigenvalue weighted by atomic mass is 9.79. The van der Waals surface area contributed by atoms with E-state index in [1.54, 1.807) is 12.1 Å². The Labute approximate surface area is 126 Å². The van der Waals surface area contributed by atoms with Crippen LogP contribution in [-0.4, -0.2) is 22.9 Å². The van der Waals surface area contributed by atoms with Gasteiger partial charge in [-0.1, -0.05) is 24.9 Å². The Morgan fingerprint density at radius 2 is 1.85 bits per heavy atom. The number of hydrogen-bond acceptors (Lipinski definition) is 1. The molecule has 3 heteroatoms. The van der Waals surface area contributed by atoms with Crippen LogP contribution < -0.4 is 0 Å². The van der Waals surface area contributed by atoms with Crippen molar-refractivity contribution in [3.05, 3.63) is 34.9 Å². The third kappa shape index (κ3) is 2.46. The number of likely N-dealkylation sites (tertiary alicyclic amines) is 1. The molecule has 1 aromatic rings. The third-order valence-corrected chi connectivity index (χ3v) is 5.27. The van der Waals surface area contributed by atoms with Crippen molar-refractivity contribution in [3.8, 4) is 0 Å². The maximum absolute atomic E-state index is 12.8. The SMILES string of the molecule is CC1CCC2CC(C)N(C(=O)c3ccc(Cl)cc3)C2C1. The zero-order valence-electron chi connectivity index (χ0n) is 12.2. The Kier molecular flexibility index (Phi) is 3.76. The highest BCUT2D eigenvalue weighted by Gasteiger charge is 2.44. The molecule has 1 aromatic carbocycles. The molecule has 0 spiro atoms. The van der Waals surface area contributed by atoms with Crippen molar-refractivity contribution in [1.29, 1.82) is 0 Å². The van der Waals surface area contributed by atoms with Crippen molar-refractivity contribution in [2.75, 3.05) is 0 Å². The van der Waals surface area contributed by atoms with Gasteiger partial charge in [0.1, 0.15) is 0 Å². The lowest BCUT2D eigenvalue weighted by Crippen LogP contribution is -2.43. The first-order valence-electron chi connectivity index (χ1n) is 7.64. The van der Waals surface area contributed by atoms with Gasteiger partial charge in [0, 0.05) is 22.7 Å². The highest BCUT2D eigenvalue weighted by Crippen LogP contribution is 2.42. The summed E-state index contributed by atoms with van der Waals surface area (Å²) in [5, 5.41) is 0.681. The van der Waals surface area contributed by atoms with Gasteiger partial charge in [0.15, 0.2) is 0 Å². The zero-order valence-corrected chi connectivity index (χ0v) is 12.9. The summed E-state index contributed by atoms with van der Waals surface area (Å²) >= 11 is 5.91. The van der Waals surface area contributed by atoms with Gasteiger partial charge in [-0.3, -0.25) is 4.79 Å². The lowest BCUT2D eigenvalue weighted by Gasteiger charge is -2.36. The predicted octanol–water partition coefficient (Wildman–Crippen LogP) is 4.38. The van der Waals surface area contributed by atoms with E-state index in [1.165, 1.54) is 12.8 Å². The molecule has 1 aliphatic heterocycles. The van der Waals surface area contributed by atoms with Crippen LogP contribution in [0.5, 0.6) is 0 Å². The quantitative estimate of drug-likeness (QED) is 0.752. The number of rotatable bonds is 1. The number of hydrogen-bond donors (Lipinski definition) is 0. The van der Waals surface area contributed by atoms with Crippen LogP contribution in [0, 0.1) is 11.8 Å². The zero-order chi connectivity index (χ0) is 14.3. The van der Waals surface area contributed by atoms with Gasteiger partial charge in [-0.2, -0.15) is 0 Å². The summed E-state index contributed by atoms with van der Waals surface area (Å²) in [4.78, 5) is 15.0. The molecule has 20 heavy (non-hydrogen) atoms. The summed E-state index contributed by atoms with van der Waals surface area (Å²) in [5.74, 6) is 1.62. The fraction of sp³-hybridized carbons (Fsp3) is 0.588. The van der Waals surface area contributed by atoms with Crippen LogP contribution in [0.2, 0.25) is 5.02 Å². The van der Waals surface area contributed by atoms with Crippen LogP contribution in [0.3, 0.4) is 0 Å². The maximum Gasteiger partial charge on any atom is 0.254 e. The third-order valence-electron chi connectivity index (χ3n) is 5.02. The average molecular weight is 292 g/mol. The van der Waals surface area contributed by atoms with E-state index in [2.05, 4.69) is 18.7 Å². The molecular weight excluding hydrogens is 270 g/mol. The molecule has 1 saturated heterocycles. The van der Waals surface area contributed by atoms with E-state index in [1.807, 2.05) is 12.1 Å². The van der Waals surface area contributed by atoms with Crippen molar-refractivity contribution in [2.45, 2.75) is 51.6 Å². The van der Waals surface area contributed by atoms with E-state index in [4.69, 9.17) is 11.6 Å². The Hall–Kier alpha value is -1.02. The second-order valence-corrected chi connectivity index (χ2v) is 6.99. The van der Waals surface area contributed by atoms with Crippen LogP contribution in [0.15, 0.2) is 24.3 Å². The van der Waals surface area contributed by atoms with Crippen molar-refractivity contribution >= 4 is 17.5 Å². The number of nitrogens with zero attached hydrogens (tertiary/aromatic N) is 1. The molecule has 1 saturated carbocycles. The Morgan fingerprint density at radius 1 is 1.15 bits per heavy atom. The average Bonchev–Trinajstić information content (AvgIpc) is 2.74. The van der Waals surface area contributed by atoms with Crippen molar-refractivity contribution in [2.24, 2.45) is 11.8 Å². The Morgan fingerprint density at radius 3 is 2.55 bits per heavy atom. The molecule has 3 rings (SSSR count). The summed E-state index contributed by atoms with van der Waals surface area (Å²) in [6, 6.07) is 8.09. The van der Waals surface area contributed by atoms with E-state index in [0.717, 1.165) is 24.3 Å². The predicted molar refractivity (Wildman–Crippen MR) is 82.0 cm³/mol.